The Bertz CT molecular complexity index is 797. The summed E-state index contributed by atoms with van der Waals surface area (Å²) in [6.07, 6.45) is 3.73. The molecule has 0 radical (unpaired) electrons. The maximum absolute atomic E-state index is 13.2. The molecule has 1 fully saturated rings. The van der Waals surface area contributed by atoms with Crippen LogP contribution in [0.2, 0.25) is 0 Å². The summed E-state index contributed by atoms with van der Waals surface area (Å²) in [6, 6.07) is 8.52. The average Bonchev–Trinajstić information content (AvgIpc) is 3.13. The Morgan fingerprint density at radius 1 is 1.15 bits per heavy atom. The summed E-state index contributed by atoms with van der Waals surface area (Å²) in [5, 5.41) is 4.46. The number of aryl methyl sites for hydroxylation is 1. The molecule has 1 aliphatic rings. The predicted octanol–water partition coefficient (Wildman–Crippen LogP) is 3.95. The van der Waals surface area contributed by atoms with Crippen molar-refractivity contribution in [2.24, 2.45) is 0 Å². The van der Waals surface area contributed by atoms with Crippen LogP contribution in [0.3, 0.4) is 0 Å². The third-order valence-electron chi connectivity index (χ3n) is 4.82. The van der Waals surface area contributed by atoms with Crippen molar-refractivity contribution in [3.63, 3.8) is 0 Å². The Hall–Kier alpha value is -2.63. The van der Waals surface area contributed by atoms with Gasteiger partial charge in [-0.05, 0) is 17.9 Å². The standard InChI is InChI=1S/C20H26N4O2/c1-5-6-12-23-17(14(2)3)16(13-21-23)24-19(25)18(22(4)20(24)26)15-10-8-7-9-11-15/h7-11,13-14,18H,5-6,12H2,1-4H3/t18-/m0/s1. The number of imide groups is 1. The third kappa shape index (κ3) is 3.00. The molecule has 1 aromatic carbocycles. The Morgan fingerprint density at radius 2 is 1.85 bits per heavy atom. The first-order valence-electron chi connectivity index (χ1n) is 9.18. The van der Waals surface area contributed by atoms with Gasteiger partial charge in [-0.25, -0.2) is 9.69 Å². The molecule has 1 aliphatic heterocycles. The van der Waals surface area contributed by atoms with Crippen LogP contribution in [0.25, 0.3) is 0 Å². The van der Waals surface area contributed by atoms with E-state index in [9.17, 15) is 9.59 Å². The molecule has 0 bridgehead atoms. The van der Waals surface area contributed by atoms with Gasteiger partial charge in [0.1, 0.15) is 6.04 Å². The number of amides is 3. The summed E-state index contributed by atoms with van der Waals surface area (Å²) >= 11 is 0. The highest BCUT2D eigenvalue weighted by molar-refractivity contribution is 6.21. The Kier molecular flexibility index (Phi) is 5.11. The van der Waals surface area contributed by atoms with Crippen molar-refractivity contribution in [1.82, 2.24) is 14.7 Å². The van der Waals surface area contributed by atoms with Crippen molar-refractivity contribution in [3.05, 3.63) is 47.8 Å². The van der Waals surface area contributed by atoms with Crippen LogP contribution in [-0.4, -0.2) is 33.7 Å². The Balaban J connectivity index is 2.00. The smallest absolute Gasteiger partial charge is 0.311 e. The fourth-order valence-corrected chi connectivity index (χ4v) is 3.51. The second kappa shape index (κ2) is 7.32. The average molecular weight is 354 g/mol. The zero-order valence-electron chi connectivity index (χ0n) is 15.8. The summed E-state index contributed by atoms with van der Waals surface area (Å²) in [5.74, 6) is -0.0633. The molecule has 1 atom stereocenters. The first kappa shape index (κ1) is 18.2. The van der Waals surface area contributed by atoms with E-state index in [2.05, 4.69) is 25.9 Å². The highest BCUT2D eigenvalue weighted by Crippen LogP contribution is 2.36. The van der Waals surface area contributed by atoms with Crippen molar-refractivity contribution >= 4 is 17.6 Å². The molecule has 1 aromatic heterocycles. The largest absolute Gasteiger partial charge is 0.332 e. The Labute approximate surface area is 154 Å². The van der Waals surface area contributed by atoms with Crippen molar-refractivity contribution in [1.29, 1.82) is 0 Å². The van der Waals surface area contributed by atoms with E-state index >= 15 is 0 Å². The van der Waals surface area contributed by atoms with Crippen LogP contribution in [0, 0.1) is 0 Å². The number of carbonyl (C=O) groups excluding carboxylic acids is 2. The lowest BCUT2D eigenvalue weighted by molar-refractivity contribution is -0.119. The van der Waals surface area contributed by atoms with Gasteiger partial charge in [0.05, 0.1) is 17.6 Å². The molecule has 0 unspecified atom stereocenters. The SMILES string of the molecule is CCCCn1ncc(N2C(=O)[C@H](c3ccccc3)N(C)C2=O)c1C(C)C. The molecule has 0 aliphatic carbocycles. The van der Waals surface area contributed by atoms with Gasteiger partial charge in [0, 0.05) is 13.6 Å². The minimum Gasteiger partial charge on any atom is -0.311 e. The van der Waals surface area contributed by atoms with E-state index in [1.54, 1.807) is 13.2 Å². The number of rotatable bonds is 6. The number of urea groups is 1. The van der Waals surface area contributed by atoms with E-state index in [0.29, 0.717) is 5.69 Å². The first-order chi connectivity index (χ1) is 12.5. The molecule has 6 nitrogen and oxygen atoms in total. The van der Waals surface area contributed by atoms with Crippen LogP contribution in [0.5, 0.6) is 0 Å². The van der Waals surface area contributed by atoms with E-state index in [1.807, 2.05) is 35.0 Å². The number of benzene rings is 1. The summed E-state index contributed by atoms with van der Waals surface area (Å²) in [6.45, 7) is 7.04. The molecule has 138 valence electrons. The molecule has 0 N–H and O–H groups in total. The first-order valence-corrected chi connectivity index (χ1v) is 9.18. The van der Waals surface area contributed by atoms with Crippen LogP contribution >= 0.6 is 0 Å². The zero-order valence-corrected chi connectivity index (χ0v) is 15.8. The van der Waals surface area contributed by atoms with E-state index in [0.717, 1.165) is 30.6 Å². The normalized spacial score (nSPS) is 17.7. The summed E-state index contributed by atoms with van der Waals surface area (Å²) < 4.78 is 1.93. The molecule has 6 heteroatoms. The summed E-state index contributed by atoms with van der Waals surface area (Å²) in [4.78, 5) is 28.8. The molecule has 2 aromatic rings. The topological polar surface area (TPSA) is 58.4 Å². The number of carbonyl (C=O) groups is 2. The molecule has 26 heavy (non-hydrogen) atoms. The van der Waals surface area contributed by atoms with Crippen molar-refractivity contribution in [2.45, 2.75) is 52.1 Å². The van der Waals surface area contributed by atoms with Gasteiger partial charge in [0.2, 0.25) is 0 Å². The van der Waals surface area contributed by atoms with Gasteiger partial charge in [-0.3, -0.25) is 9.48 Å². The quantitative estimate of drug-likeness (QED) is 0.738. The molecular formula is C20H26N4O2. The van der Waals surface area contributed by atoms with Crippen LogP contribution in [0.15, 0.2) is 36.5 Å². The second-order valence-corrected chi connectivity index (χ2v) is 7.03. The van der Waals surface area contributed by atoms with Crippen LogP contribution in [0.1, 0.15) is 56.8 Å². The Morgan fingerprint density at radius 3 is 2.46 bits per heavy atom. The van der Waals surface area contributed by atoms with Crippen molar-refractivity contribution in [2.75, 3.05) is 11.9 Å². The number of hydrogen-bond donors (Lipinski definition) is 0. The van der Waals surface area contributed by atoms with E-state index in [1.165, 1.54) is 9.80 Å². The molecule has 0 spiro atoms. The van der Waals surface area contributed by atoms with Gasteiger partial charge in [-0.2, -0.15) is 5.10 Å². The van der Waals surface area contributed by atoms with Gasteiger partial charge in [-0.15, -0.1) is 0 Å². The zero-order chi connectivity index (χ0) is 18.8. The number of unbranched alkanes of at least 4 members (excludes halogenated alkanes) is 1. The lowest BCUT2D eigenvalue weighted by Gasteiger charge is -2.17. The van der Waals surface area contributed by atoms with Gasteiger partial charge in [0.15, 0.2) is 0 Å². The third-order valence-corrected chi connectivity index (χ3v) is 4.82. The van der Waals surface area contributed by atoms with Crippen molar-refractivity contribution < 1.29 is 9.59 Å². The lowest BCUT2D eigenvalue weighted by Crippen LogP contribution is -2.32. The number of anilines is 1. The molecule has 0 saturated carbocycles. The van der Waals surface area contributed by atoms with Crippen LogP contribution in [0.4, 0.5) is 10.5 Å². The molecule has 3 amide bonds. The summed E-state index contributed by atoms with van der Waals surface area (Å²) in [7, 11) is 1.68. The number of aromatic nitrogens is 2. The van der Waals surface area contributed by atoms with Crippen LogP contribution < -0.4 is 4.90 Å². The van der Waals surface area contributed by atoms with Gasteiger partial charge < -0.3 is 4.90 Å². The van der Waals surface area contributed by atoms with E-state index < -0.39 is 6.04 Å². The summed E-state index contributed by atoms with van der Waals surface area (Å²) in [5.41, 5.74) is 2.36. The van der Waals surface area contributed by atoms with Gasteiger partial charge in [0.25, 0.3) is 5.91 Å². The molecular weight excluding hydrogens is 328 g/mol. The molecule has 3 rings (SSSR count). The monoisotopic (exact) mass is 354 g/mol. The fraction of sp³-hybridized carbons (Fsp3) is 0.450. The maximum atomic E-state index is 13.2. The molecule has 1 saturated heterocycles. The predicted molar refractivity (Wildman–Crippen MR) is 101 cm³/mol. The fourth-order valence-electron chi connectivity index (χ4n) is 3.51. The highest BCUT2D eigenvalue weighted by atomic mass is 16.2. The van der Waals surface area contributed by atoms with Crippen molar-refractivity contribution in [3.8, 4) is 0 Å². The van der Waals surface area contributed by atoms with Gasteiger partial charge in [-0.1, -0.05) is 57.5 Å². The number of nitrogens with zero attached hydrogens (tertiary/aromatic N) is 4. The minimum atomic E-state index is -0.595. The van der Waals surface area contributed by atoms with Crippen LogP contribution in [-0.2, 0) is 11.3 Å². The second-order valence-electron chi connectivity index (χ2n) is 7.03. The van der Waals surface area contributed by atoms with Gasteiger partial charge >= 0.3 is 6.03 Å². The number of likely N-dealkylation sites (N-methyl/N-ethyl adjacent to an activating group) is 1. The number of hydrogen-bond acceptors (Lipinski definition) is 3. The highest BCUT2D eigenvalue weighted by Gasteiger charge is 2.46. The molecule has 2 heterocycles. The van der Waals surface area contributed by atoms with E-state index in [4.69, 9.17) is 0 Å². The maximum Gasteiger partial charge on any atom is 0.332 e. The van der Waals surface area contributed by atoms with E-state index in [-0.39, 0.29) is 17.9 Å². The lowest BCUT2D eigenvalue weighted by atomic mass is 10.1. The minimum absolute atomic E-state index is 0.158.